The number of sulfone groups is 1. The van der Waals surface area contributed by atoms with Gasteiger partial charge in [0.2, 0.25) is 0 Å². The lowest BCUT2D eigenvalue weighted by Crippen LogP contribution is -2.47. The fourth-order valence-electron chi connectivity index (χ4n) is 3.37. The summed E-state index contributed by atoms with van der Waals surface area (Å²) in [7, 11) is -1.26. The summed E-state index contributed by atoms with van der Waals surface area (Å²) in [6.07, 6.45) is 2.01. The van der Waals surface area contributed by atoms with Crippen LogP contribution < -0.4 is 5.32 Å². The van der Waals surface area contributed by atoms with E-state index in [9.17, 15) is 22.8 Å². The molecule has 1 heterocycles. The van der Waals surface area contributed by atoms with Gasteiger partial charge in [-0.3, -0.25) is 0 Å². The van der Waals surface area contributed by atoms with Gasteiger partial charge in [-0.15, -0.1) is 0 Å². The first-order chi connectivity index (χ1) is 16.9. The molecule has 1 aliphatic heterocycles. The topological polar surface area (TPSA) is 148 Å². The highest BCUT2D eigenvalue weighted by Gasteiger charge is 2.21. The van der Waals surface area contributed by atoms with E-state index in [2.05, 4.69) is 22.2 Å². The van der Waals surface area contributed by atoms with E-state index in [0.717, 1.165) is 39.1 Å². The first-order valence-corrected chi connectivity index (χ1v) is 13.4. The second-order valence-corrected chi connectivity index (χ2v) is 10.8. The van der Waals surface area contributed by atoms with Gasteiger partial charge < -0.3 is 30.2 Å². The minimum atomic E-state index is -3.40. The number of amides is 2. The molecule has 11 nitrogen and oxygen atoms in total. The van der Waals surface area contributed by atoms with Crippen molar-refractivity contribution in [1.82, 2.24) is 20.0 Å². The Morgan fingerprint density at radius 2 is 1.58 bits per heavy atom. The number of carboxylic acids is 2. The highest BCUT2D eigenvalue weighted by Crippen LogP contribution is 2.11. The van der Waals surface area contributed by atoms with Crippen LogP contribution in [0.2, 0.25) is 0 Å². The average molecular weight is 527 g/mol. The molecule has 36 heavy (non-hydrogen) atoms. The van der Waals surface area contributed by atoms with Crippen molar-refractivity contribution < 1.29 is 33.0 Å². The van der Waals surface area contributed by atoms with Crippen molar-refractivity contribution in [3.63, 3.8) is 0 Å². The minimum Gasteiger partial charge on any atom is -0.478 e. The van der Waals surface area contributed by atoms with Crippen LogP contribution in [0.3, 0.4) is 0 Å². The van der Waals surface area contributed by atoms with Crippen LogP contribution in [0.15, 0.2) is 47.4 Å². The molecule has 0 aliphatic carbocycles. The third-order valence-electron chi connectivity index (χ3n) is 5.48. The van der Waals surface area contributed by atoms with Crippen molar-refractivity contribution in [3.8, 4) is 0 Å². The summed E-state index contributed by atoms with van der Waals surface area (Å²) in [5.41, 5.74) is 0. The van der Waals surface area contributed by atoms with Gasteiger partial charge in [-0.25, -0.2) is 22.8 Å². The van der Waals surface area contributed by atoms with Crippen LogP contribution in [0, 0.1) is 0 Å². The summed E-state index contributed by atoms with van der Waals surface area (Å²) in [6, 6.07) is 8.12. The first-order valence-electron chi connectivity index (χ1n) is 11.8. The zero-order valence-electron chi connectivity index (χ0n) is 21.2. The van der Waals surface area contributed by atoms with Gasteiger partial charge in [-0.2, -0.15) is 0 Å². The Labute approximate surface area is 213 Å². The maximum absolute atomic E-state index is 12.5. The molecule has 1 aliphatic rings. The third-order valence-corrected chi connectivity index (χ3v) is 7.19. The number of carboxylic acid groups (broad SMARTS) is 2. The molecule has 3 N–H and O–H groups in total. The SMILES string of the molecule is CC(C)N(CCS(=O)(=O)c1ccccc1)C(=O)NCCCN1CCN(C)CC1.O=C(O)C=CC(=O)O. The van der Waals surface area contributed by atoms with E-state index >= 15 is 0 Å². The van der Waals surface area contributed by atoms with Gasteiger partial charge >= 0.3 is 18.0 Å². The summed E-state index contributed by atoms with van der Waals surface area (Å²) in [4.78, 5) is 38.3. The van der Waals surface area contributed by atoms with E-state index in [0.29, 0.717) is 23.6 Å². The van der Waals surface area contributed by atoms with Gasteiger partial charge in [0, 0.05) is 57.5 Å². The number of benzene rings is 1. The maximum atomic E-state index is 12.5. The number of piperazine rings is 1. The Hall–Kier alpha value is -2.96. The smallest absolute Gasteiger partial charge is 0.328 e. The number of hydrogen-bond acceptors (Lipinski definition) is 7. The lowest BCUT2D eigenvalue weighted by molar-refractivity contribution is -0.134. The summed E-state index contributed by atoms with van der Waals surface area (Å²) >= 11 is 0. The Bertz CT molecular complexity index is 944. The zero-order chi connectivity index (χ0) is 27.1. The standard InChI is InChI=1S/C20H34N4O3S.C4H4O4/c1-18(2)24(16-17-28(26,27)19-8-5-4-6-9-19)20(25)21-10-7-11-23-14-12-22(3)13-15-23;5-3(6)1-2-4(7)8/h4-6,8-9,18H,7,10-17H2,1-3H3,(H,21,25);1-2H,(H,5,6)(H,7,8). The molecule has 0 radical (unpaired) electrons. The van der Waals surface area contributed by atoms with Crippen molar-refractivity contribution >= 4 is 27.8 Å². The van der Waals surface area contributed by atoms with Crippen LogP contribution >= 0.6 is 0 Å². The Morgan fingerprint density at radius 3 is 2.08 bits per heavy atom. The van der Waals surface area contributed by atoms with Gasteiger partial charge in [0.1, 0.15) is 0 Å². The number of aliphatic carboxylic acids is 2. The van der Waals surface area contributed by atoms with E-state index in [-0.39, 0.29) is 24.4 Å². The monoisotopic (exact) mass is 526 g/mol. The van der Waals surface area contributed by atoms with Gasteiger partial charge in [0.25, 0.3) is 0 Å². The average Bonchev–Trinajstić information content (AvgIpc) is 2.82. The molecule has 0 unspecified atom stereocenters. The summed E-state index contributed by atoms with van der Waals surface area (Å²) in [5, 5.41) is 18.6. The van der Waals surface area contributed by atoms with Crippen LogP contribution in [0.5, 0.6) is 0 Å². The molecule has 0 bridgehead atoms. The molecule has 1 aromatic rings. The fraction of sp³-hybridized carbons (Fsp3) is 0.542. The van der Waals surface area contributed by atoms with Crippen molar-refractivity contribution in [2.75, 3.05) is 58.6 Å². The highest BCUT2D eigenvalue weighted by molar-refractivity contribution is 7.91. The van der Waals surface area contributed by atoms with Crippen molar-refractivity contribution in [2.24, 2.45) is 0 Å². The maximum Gasteiger partial charge on any atom is 0.328 e. The van der Waals surface area contributed by atoms with Gasteiger partial charge in [-0.05, 0) is 46.0 Å². The molecule has 1 fully saturated rings. The largest absolute Gasteiger partial charge is 0.478 e. The van der Waals surface area contributed by atoms with E-state index in [4.69, 9.17) is 10.2 Å². The molecule has 0 spiro atoms. The molecule has 2 amide bonds. The lowest BCUT2D eigenvalue weighted by atomic mass is 10.3. The van der Waals surface area contributed by atoms with Crippen molar-refractivity contribution in [2.45, 2.75) is 31.2 Å². The second-order valence-electron chi connectivity index (χ2n) is 8.66. The van der Waals surface area contributed by atoms with Crippen LogP contribution in [0.25, 0.3) is 0 Å². The van der Waals surface area contributed by atoms with Crippen molar-refractivity contribution in [3.05, 3.63) is 42.5 Å². The van der Waals surface area contributed by atoms with Crippen LogP contribution in [-0.4, -0.2) is 116 Å². The highest BCUT2D eigenvalue weighted by atomic mass is 32.2. The number of nitrogens with one attached hydrogen (secondary N) is 1. The molecule has 0 aromatic heterocycles. The molecule has 1 saturated heterocycles. The van der Waals surface area contributed by atoms with E-state index in [1.165, 1.54) is 0 Å². The second kappa shape index (κ2) is 15.9. The predicted octanol–water partition coefficient (Wildman–Crippen LogP) is 1.23. The molecular weight excluding hydrogens is 488 g/mol. The normalized spacial score (nSPS) is 14.8. The Balaban J connectivity index is 0.000000697. The first kappa shape index (κ1) is 31.1. The third kappa shape index (κ3) is 12.7. The number of nitrogens with zero attached hydrogens (tertiary/aromatic N) is 3. The number of urea groups is 1. The van der Waals surface area contributed by atoms with Crippen LogP contribution in [0.1, 0.15) is 20.3 Å². The quantitative estimate of drug-likeness (QED) is 0.286. The summed E-state index contributed by atoms with van der Waals surface area (Å²) in [5.74, 6) is -2.59. The minimum absolute atomic E-state index is 0.0661. The molecule has 12 heteroatoms. The molecule has 202 valence electrons. The van der Waals surface area contributed by atoms with Gasteiger partial charge in [0.15, 0.2) is 9.84 Å². The predicted molar refractivity (Wildman–Crippen MR) is 137 cm³/mol. The molecule has 0 atom stereocenters. The van der Waals surface area contributed by atoms with E-state index in [1.807, 2.05) is 13.8 Å². The van der Waals surface area contributed by atoms with Gasteiger partial charge in [-0.1, -0.05) is 18.2 Å². The van der Waals surface area contributed by atoms with Crippen molar-refractivity contribution in [1.29, 1.82) is 0 Å². The molecular formula is C24H38N4O7S. The van der Waals surface area contributed by atoms with Gasteiger partial charge in [0.05, 0.1) is 10.6 Å². The zero-order valence-corrected chi connectivity index (χ0v) is 22.0. The molecule has 1 aromatic carbocycles. The number of carbonyl (C=O) groups is 3. The van der Waals surface area contributed by atoms with E-state index in [1.54, 1.807) is 35.2 Å². The van der Waals surface area contributed by atoms with Crippen LogP contribution in [0.4, 0.5) is 4.79 Å². The van der Waals surface area contributed by atoms with Crippen LogP contribution in [-0.2, 0) is 19.4 Å². The summed E-state index contributed by atoms with van der Waals surface area (Å²) < 4.78 is 24.9. The molecule has 0 saturated carbocycles. The summed E-state index contributed by atoms with van der Waals surface area (Å²) in [6.45, 7) is 9.86. The number of carbonyl (C=O) groups excluding carboxylic acids is 1. The van der Waals surface area contributed by atoms with E-state index < -0.39 is 21.8 Å². The Kier molecular flexibility index (Phi) is 13.7. The molecule has 2 rings (SSSR count). The number of rotatable bonds is 11. The number of hydrogen-bond donors (Lipinski definition) is 3. The fourth-order valence-corrected chi connectivity index (χ4v) is 4.62. The Morgan fingerprint density at radius 1 is 1.03 bits per heavy atom. The lowest BCUT2D eigenvalue weighted by Gasteiger charge is -2.32. The number of likely N-dealkylation sites (N-methyl/N-ethyl adjacent to an activating group) is 1.